The molecule has 80 valence electrons. The van der Waals surface area contributed by atoms with Crippen molar-refractivity contribution >= 4 is 17.7 Å². The summed E-state index contributed by atoms with van der Waals surface area (Å²) in [4.78, 5) is 12.6. The van der Waals surface area contributed by atoms with Crippen LogP contribution < -0.4 is 5.73 Å². The molecule has 4 heteroatoms. The van der Waals surface area contributed by atoms with Gasteiger partial charge in [-0.25, -0.2) is 4.39 Å². The van der Waals surface area contributed by atoms with Crippen molar-refractivity contribution in [3.05, 3.63) is 35.7 Å². The van der Waals surface area contributed by atoms with Gasteiger partial charge in [-0.15, -0.1) is 0 Å². The minimum atomic E-state index is -0.453. The van der Waals surface area contributed by atoms with Gasteiger partial charge in [-0.3, -0.25) is 4.79 Å². The minimum absolute atomic E-state index is 0.0782. The van der Waals surface area contributed by atoms with Gasteiger partial charge < -0.3 is 10.6 Å². The van der Waals surface area contributed by atoms with Crippen LogP contribution in [0.5, 0.6) is 0 Å². The van der Waals surface area contributed by atoms with Crippen LogP contribution in [0, 0.1) is 5.82 Å². The van der Waals surface area contributed by atoms with Crippen molar-refractivity contribution in [3.8, 4) is 0 Å². The van der Waals surface area contributed by atoms with E-state index >= 15 is 0 Å². The lowest BCUT2D eigenvalue weighted by molar-refractivity contribution is -0.123. The molecule has 0 bridgehead atoms. The number of carbonyl (C=O) groups excluding carboxylic acids is 1. The van der Waals surface area contributed by atoms with Crippen LogP contribution >= 0.6 is 0 Å². The average molecular weight is 208 g/mol. The molecule has 0 aliphatic rings. The number of nitrogen functional groups attached to an aromatic ring is 1. The van der Waals surface area contributed by atoms with Crippen LogP contribution in [-0.4, -0.2) is 24.9 Å². The molecule has 0 fully saturated rings. The summed E-state index contributed by atoms with van der Waals surface area (Å²) in [6, 6.07) is 4.31. The van der Waals surface area contributed by atoms with E-state index in [1.165, 1.54) is 23.1 Å². The number of amides is 1. The Morgan fingerprint density at radius 1 is 1.47 bits per heavy atom. The van der Waals surface area contributed by atoms with E-state index in [-0.39, 0.29) is 11.6 Å². The van der Waals surface area contributed by atoms with E-state index in [1.54, 1.807) is 26.2 Å². The first-order valence-corrected chi connectivity index (χ1v) is 4.45. The molecule has 0 saturated heterocycles. The molecule has 0 aliphatic carbocycles. The van der Waals surface area contributed by atoms with Gasteiger partial charge in [-0.05, 0) is 23.8 Å². The monoisotopic (exact) mass is 208 g/mol. The second-order valence-corrected chi connectivity index (χ2v) is 3.35. The number of benzene rings is 1. The summed E-state index contributed by atoms with van der Waals surface area (Å²) in [5.41, 5.74) is 6.16. The van der Waals surface area contributed by atoms with Gasteiger partial charge in [0.25, 0.3) is 0 Å². The molecule has 0 heterocycles. The lowest BCUT2D eigenvalue weighted by Gasteiger charge is -2.05. The number of rotatable bonds is 2. The topological polar surface area (TPSA) is 46.3 Å². The molecule has 1 rings (SSSR count). The third kappa shape index (κ3) is 3.09. The highest BCUT2D eigenvalue weighted by molar-refractivity contribution is 5.91. The normalized spacial score (nSPS) is 10.6. The Kier molecular flexibility index (Phi) is 3.44. The first-order chi connectivity index (χ1) is 7.00. The smallest absolute Gasteiger partial charge is 0.246 e. The van der Waals surface area contributed by atoms with E-state index in [4.69, 9.17) is 5.73 Å². The van der Waals surface area contributed by atoms with Crippen molar-refractivity contribution < 1.29 is 9.18 Å². The van der Waals surface area contributed by atoms with Crippen molar-refractivity contribution in [2.24, 2.45) is 0 Å². The molecule has 0 aliphatic heterocycles. The lowest BCUT2D eigenvalue weighted by atomic mass is 10.2. The standard InChI is InChI=1S/C11H13FN2O/c1-14(2)11(15)6-4-8-3-5-9(12)10(13)7-8/h3-7H,13H2,1-2H3/b6-4+. The van der Waals surface area contributed by atoms with Gasteiger partial charge in [0, 0.05) is 20.2 Å². The maximum atomic E-state index is 12.8. The number of nitrogens with two attached hydrogens (primary N) is 1. The molecule has 1 aromatic rings. The van der Waals surface area contributed by atoms with Crippen LogP contribution in [0.2, 0.25) is 0 Å². The Morgan fingerprint density at radius 3 is 2.67 bits per heavy atom. The van der Waals surface area contributed by atoms with Crippen LogP contribution in [0.3, 0.4) is 0 Å². The number of carbonyl (C=O) groups is 1. The lowest BCUT2D eigenvalue weighted by Crippen LogP contribution is -2.18. The van der Waals surface area contributed by atoms with E-state index in [0.29, 0.717) is 5.56 Å². The summed E-state index contributed by atoms with van der Waals surface area (Å²) < 4.78 is 12.8. The second-order valence-electron chi connectivity index (χ2n) is 3.35. The summed E-state index contributed by atoms with van der Waals surface area (Å²) >= 11 is 0. The molecular formula is C11H13FN2O. The predicted molar refractivity (Wildman–Crippen MR) is 58.5 cm³/mol. The SMILES string of the molecule is CN(C)C(=O)/C=C/c1ccc(F)c(N)c1. The third-order valence-electron chi connectivity index (χ3n) is 1.88. The van der Waals surface area contributed by atoms with Crippen LogP contribution in [-0.2, 0) is 4.79 Å². The number of hydrogen-bond donors (Lipinski definition) is 1. The number of likely N-dealkylation sites (N-methyl/N-ethyl adjacent to an activating group) is 1. The molecule has 3 nitrogen and oxygen atoms in total. The Bertz CT molecular complexity index is 400. The molecule has 1 aromatic carbocycles. The fourth-order valence-corrected chi connectivity index (χ4v) is 0.982. The van der Waals surface area contributed by atoms with Gasteiger partial charge in [-0.1, -0.05) is 6.07 Å². The van der Waals surface area contributed by atoms with Crippen molar-refractivity contribution in [1.29, 1.82) is 0 Å². The van der Waals surface area contributed by atoms with Crippen LogP contribution in [0.25, 0.3) is 6.08 Å². The molecule has 2 N–H and O–H groups in total. The highest BCUT2D eigenvalue weighted by atomic mass is 19.1. The molecule has 0 aromatic heterocycles. The molecule has 0 saturated carbocycles. The third-order valence-corrected chi connectivity index (χ3v) is 1.88. The zero-order valence-electron chi connectivity index (χ0n) is 8.70. The number of nitrogens with zero attached hydrogens (tertiary/aromatic N) is 1. The number of anilines is 1. The van der Waals surface area contributed by atoms with Crippen molar-refractivity contribution in [3.63, 3.8) is 0 Å². The van der Waals surface area contributed by atoms with E-state index in [2.05, 4.69) is 0 Å². The zero-order valence-corrected chi connectivity index (χ0v) is 8.70. The summed E-state index contributed by atoms with van der Waals surface area (Å²) in [7, 11) is 3.32. The summed E-state index contributed by atoms with van der Waals surface area (Å²) in [6.07, 6.45) is 3.00. The number of halogens is 1. The Morgan fingerprint density at radius 2 is 2.13 bits per heavy atom. The largest absolute Gasteiger partial charge is 0.396 e. The maximum Gasteiger partial charge on any atom is 0.246 e. The average Bonchev–Trinajstić information content (AvgIpc) is 2.19. The van der Waals surface area contributed by atoms with Gasteiger partial charge >= 0.3 is 0 Å². The molecule has 0 atom stereocenters. The maximum absolute atomic E-state index is 12.8. The molecule has 1 amide bonds. The predicted octanol–water partition coefficient (Wildman–Crippen LogP) is 1.51. The molecule has 15 heavy (non-hydrogen) atoms. The summed E-state index contributed by atoms with van der Waals surface area (Å²) in [5.74, 6) is -0.580. The van der Waals surface area contributed by atoms with Gasteiger partial charge in [0.1, 0.15) is 5.82 Å². The van der Waals surface area contributed by atoms with Gasteiger partial charge in [0.05, 0.1) is 5.69 Å². The van der Waals surface area contributed by atoms with E-state index in [1.807, 2.05) is 0 Å². The van der Waals surface area contributed by atoms with Crippen LogP contribution in [0.4, 0.5) is 10.1 Å². The fraction of sp³-hybridized carbons (Fsp3) is 0.182. The summed E-state index contributed by atoms with van der Waals surface area (Å²) in [6.45, 7) is 0. The van der Waals surface area contributed by atoms with E-state index in [0.717, 1.165) is 0 Å². The quantitative estimate of drug-likeness (QED) is 0.591. The number of hydrogen-bond acceptors (Lipinski definition) is 2. The first-order valence-electron chi connectivity index (χ1n) is 4.45. The fourth-order valence-electron chi connectivity index (χ4n) is 0.982. The molecule has 0 radical (unpaired) electrons. The van der Waals surface area contributed by atoms with E-state index < -0.39 is 5.82 Å². The molecule has 0 unspecified atom stereocenters. The van der Waals surface area contributed by atoms with Gasteiger partial charge in [0.2, 0.25) is 5.91 Å². The van der Waals surface area contributed by atoms with Gasteiger partial charge in [0.15, 0.2) is 0 Å². The van der Waals surface area contributed by atoms with Crippen molar-refractivity contribution in [2.45, 2.75) is 0 Å². The van der Waals surface area contributed by atoms with Gasteiger partial charge in [-0.2, -0.15) is 0 Å². The highest BCUT2D eigenvalue weighted by Gasteiger charge is 1.99. The second kappa shape index (κ2) is 4.59. The minimum Gasteiger partial charge on any atom is -0.396 e. The Balaban J connectivity index is 2.81. The van der Waals surface area contributed by atoms with Crippen LogP contribution in [0.15, 0.2) is 24.3 Å². The van der Waals surface area contributed by atoms with E-state index in [9.17, 15) is 9.18 Å². The van der Waals surface area contributed by atoms with Crippen molar-refractivity contribution in [1.82, 2.24) is 4.90 Å². The first kappa shape index (κ1) is 11.2. The summed E-state index contributed by atoms with van der Waals surface area (Å²) in [5, 5.41) is 0. The van der Waals surface area contributed by atoms with Crippen molar-refractivity contribution in [2.75, 3.05) is 19.8 Å². The molecular weight excluding hydrogens is 195 g/mol. The Labute approximate surface area is 88.0 Å². The Hall–Kier alpha value is -1.84. The van der Waals surface area contributed by atoms with Crippen LogP contribution in [0.1, 0.15) is 5.56 Å². The zero-order chi connectivity index (χ0) is 11.4. The molecule has 0 spiro atoms. The highest BCUT2D eigenvalue weighted by Crippen LogP contribution is 2.13.